The van der Waals surface area contributed by atoms with Gasteiger partial charge in [-0.05, 0) is 44.1 Å². The molecule has 4 heteroatoms. The summed E-state index contributed by atoms with van der Waals surface area (Å²) in [6.45, 7) is 4.38. The Labute approximate surface area is 108 Å². The number of anilines is 2. The maximum Gasteiger partial charge on any atom is 0.0992 e. The van der Waals surface area contributed by atoms with Crippen molar-refractivity contribution in [2.45, 2.75) is 19.3 Å². The van der Waals surface area contributed by atoms with Crippen LogP contribution in [0, 0.1) is 11.3 Å². The number of hydrogen-bond acceptors (Lipinski definition) is 4. The van der Waals surface area contributed by atoms with Crippen molar-refractivity contribution in [1.82, 2.24) is 4.90 Å². The molecule has 2 rings (SSSR count). The molecule has 0 atom stereocenters. The van der Waals surface area contributed by atoms with Crippen LogP contribution in [0.15, 0.2) is 18.2 Å². The molecule has 0 saturated carbocycles. The minimum absolute atomic E-state index is 0.606. The Kier molecular flexibility index (Phi) is 4.43. The Morgan fingerprint density at radius 2 is 2.06 bits per heavy atom. The molecular weight excluding hydrogens is 224 g/mol. The number of likely N-dealkylation sites (tertiary alicyclic amines) is 1. The van der Waals surface area contributed by atoms with Crippen LogP contribution < -0.4 is 11.1 Å². The quantitative estimate of drug-likeness (QED) is 0.795. The van der Waals surface area contributed by atoms with Gasteiger partial charge in [-0.15, -0.1) is 0 Å². The molecule has 0 unspecified atom stereocenters. The Hall–Kier alpha value is -1.73. The standard InChI is InChI=1S/C14H20N4/c15-11-12-4-5-14(13(16)10-12)17-6-9-18-7-2-1-3-8-18/h4-5,10,17H,1-3,6-9,16H2. The molecule has 1 saturated heterocycles. The van der Waals surface area contributed by atoms with E-state index in [9.17, 15) is 0 Å². The lowest BCUT2D eigenvalue weighted by Gasteiger charge is -2.26. The van der Waals surface area contributed by atoms with Crippen molar-refractivity contribution < 1.29 is 0 Å². The zero-order chi connectivity index (χ0) is 12.8. The van der Waals surface area contributed by atoms with E-state index in [4.69, 9.17) is 11.0 Å². The lowest BCUT2D eigenvalue weighted by molar-refractivity contribution is 0.237. The summed E-state index contributed by atoms with van der Waals surface area (Å²) in [6.07, 6.45) is 4.00. The molecule has 0 spiro atoms. The first-order valence-corrected chi connectivity index (χ1v) is 6.55. The Morgan fingerprint density at radius 3 is 2.72 bits per heavy atom. The molecule has 1 heterocycles. The van der Waals surface area contributed by atoms with Gasteiger partial charge < -0.3 is 16.0 Å². The zero-order valence-electron chi connectivity index (χ0n) is 10.7. The van der Waals surface area contributed by atoms with Crippen LogP contribution >= 0.6 is 0 Å². The van der Waals surface area contributed by atoms with E-state index in [0.717, 1.165) is 18.8 Å². The van der Waals surface area contributed by atoms with Gasteiger partial charge in [-0.2, -0.15) is 5.26 Å². The third kappa shape index (κ3) is 3.38. The van der Waals surface area contributed by atoms with Crippen molar-refractivity contribution in [3.8, 4) is 6.07 Å². The maximum absolute atomic E-state index is 8.77. The van der Waals surface area contributed by atoms with Gasteiger partial charge in [0.05, 0.1) is 23.0 Å². The van der Waals surface area contributed by atoms with Crippen molar-refractivity contribution in [2.75, 3.05) is 37.2 Å². The van der Waals surface area contributed by atoms with Crippen LogP contribution in [0.1, 0.15) is 24.8 Å². The molecule has 18 heavy (non-hydrogen) atoms. The average molecular weight is 244 g/mol. The number of nitrogens with one attached hydrogen (secondary N) is 1. The largest absolute Gasteiger partial charge is 0.397 e. The summed E-state index contributed by atoms with van der Waals surface area (Å²) in [6, 6.07) is 7.47. The number of nitrogens with zero attached hydrogens (tertiary/aromatic N) is 2. The third-order valence-corrected chi connectivity index (χ3v) is 3.37. The minimum atomic E-state index is 0.606. The van der Waals surface area contributed by atoms with E-state index in [1.807, 2.05) is 6.07 Å². The van der Waals surface area contributed by atoms with Gasteiger partial charge in [-0.25, -0.2) is 0 Å². The Balaban J connectivity index is 1.81. The number of rotatable bonds is 4. The van der Waals surface area contributed by atoms with Crippen LogP contribution in [0.25, 0.3) is 0 Å². The summed E-state index contributed by atoms with van der Waals surface area (Å²) >= 11 is 0. The van der Waals surface area contributed by atoms with Crippen LogP contribution in [0.5, 0.6) is 0 Å². The van der Waals surface area contributed by atoms with Crippen molar-refractivity contribution in [3.63, 3.8) is 0 Å². The van der Waals surface area contributed by atoms with E-state index in [2.05, 4.69) is 16.3 Å². The molecule has 0 aromatic heterocycles. The van der Waals surface area contributed by atoms with E-state index in [0.29, 0.717) is 11.3 Å². The molecule has 0 amide bonds. The highest BCUT2D eigenvalue weighted by Gasteiger charge is 2.09. The van der Waals surface area contributed by atoms with Gasteiger partial charge >= 0.3 is 0 Å². The summed E-state index contributed by atoms with van der Waals surface area (Å²) in [4.78, 5) is 2.48. The predicted octanol–water partition coefficient (Wildman–Crippen LogP) is 2.04. The smallest absolute Gasteiger partial charge is 0.0992 e. The number of nitrogens with two attached hydrogens (primary N) is 1. The lowest BCUT2D eigenvalue weighted by atomic mass is 10.1. The van der Waals surface area contributed by atoms with E-state index in [1.165, 1.54) is 32.4 Å². The van der Waals surface area contributed by atoms with Crippen LogP contribution in [-0.2, 0) is 0 Å². The molecule has 3 N–H and O–H groups in total. The zero-order valence-corrected chi connectivity index (χ0v) is 10.7. The van der Waals surface area contributed by atoms with Gasteiger partial charge in [0.1, 0.15) is 0 Å². The minimum Gasteiger partial charge on any atom is -0.397 e. The molecule has 0 radical (unpaired) electrons. The number of nitriles is 1. The van der Waals surface area contributed by atoms with E-state index in [1.54, 1.807) is 12.1 Å². The highest BCUT2D eigenvalue weighted by Crippen LogP contribution is 2.19. The Morgan fingerprint density at radius 1 is 1.28 bits per heavy atom. The summed E-state index contributed by atoms with van der Waals surface area (Å²) in [7, 11) is 0. The molecule has 1 aliphatic heterocycles. The molecular formula is C14H20N4. The van der Waals surface area contributed by atoms with E-state index >= 15 is 0 Å². The molecule has 1 aliphatic rings. The lowest BCUT2D eigenvalue weighted by Crippen LogP contribution is -2.33. The number of hydrogen-bond donors (Lipinski definition) is 2. The van der Waals surface area contributed by atoms with Gasteiger partial charge in [0.25, 0.3) is 0 Å². The number of nitrogen functional groups attached to an aromatic ring is 1. The summed E-state index contributed by atoms with van der Waals surface area (Å²) in [5, 5.41) is 12.1. The van der Waals surface area contributed by atoms with Crippen LogP contribution in [0.2, 0.25) is 0 Å². The first-order valence-electron chi connectivity index (χ1n) is 6.55. The topological polar surface area (TPSA) is 65.1 Å². The summed E-state index contributed by atoms with van der Waals surface area (Å²) < 4.78 is 0. The molecule has 1 aromatic carbocycles. The second-order valence-corrected chi connectivity index (χ2v) is 4.74. The van der Waals surface area contributed by atoms with Gasteiger partial charge in [0, 0.05) is 13.1 Å². The molecule has 96 valence electrons. The molecule has 0 bridgehead atoms. The monoisotopic (exact) mass is 244 g/mol. The second-order valence-electron chi connectivity index (χ2n) is 4.74. The predicted molar refractivity (Wildman–Crippen MR) is 74.4 cm³/mol. The molecule has 0 aliphatic carbocycles. The van der Waals surface area contributed by atoms with Crippen LogP contribution in [-0.4, -0.2) is 31.1 Å². The highest BCUT2D eigenvalue weighted by atomic mass is 15.1. The first-order chi connectivity index (χ1) is 8.79. The first kappa shape index (κ1) is 12.7. The second kappa shape index (κ2) is 6.27. The fourth-order valence-corrected chi connectivity index (χ4v) is 2.32. The van der Waals surface area contributed by atoms with Crippen molar-refractivity contribution >= 4 is 11.4 Å². The van der Waals surface area contributed by atoms with Gasteiger partial charge in [-0.1, -0.05) is 6.42 Å². The van der Waals surface area contributed by atoms with Crippen molar-refractivity contribution in [1.29, 1.82) is 5.26 Å². The van der Waals surface area contributed by atoms with Crippen LogP contribution in [0.4, 0.5) is 11.4 Å². The summed E-state index contributed by atoms with van der Waals surface area (Å²) in [5.41, 5.74) is 8.06. The van der Waals surface area contributed by atoms with Gasteiger partial charge in [-0.3, -0.25) is 0 Å². The van der Waals surface area contributed by atoms with Crippen molar-refractivity contribution in [3.05, 3.63) is 23.8 Å². The third-order valence-electron chi connectivity index (χ3n) is 3.37. The average Bonchev–Trinajstić information content (AvgIpc) is 2.42. The van der Waals surface area contributed by atoms with Gasteiger partial charge in [0.2, 0.25) is 0 Å². The van der Waals surface area contributed by atoms with E-state index in [-0.39, 0.29) is 0 Å². The number of piperidine rings is 1. The fourth-order valence-electron chi connectivity index (χ4n) is 2.32. The normalized spacial score (nSPS) is 16.2. The Bertz CT molecular complexity index is 430. The summed E-state index contributed by atoms with van der Waals surface area (Å²) in [5.74, 6) is 0. The van der Waals surface area contributed by atoms with Gasteiger partial charge in [0.15, 0.2) is 0 Å². The fraction of sp³-hybridized carbons (Fsp3) is 0.500. The van der Waals surface area contributed by atoms with E-state index < -0.39 is 0 Å². The number of benzene rings is 1. The van der Waals surface area contributed by atoms with Crippen molar-refractivity contribution in [2.24, 2.45) is 0 Å². The molecule has 4 nitrogen and oxygen atoms in total. The highest BCUT2D eigenvalue weighted by molar-refractivity contribution is 5.68. The SMILES string of the molecule is N#Cc1ccc(NCCN2CCCCC2)c(N)c1. The van der Waals surface area contributed by atoms with Crippen LogP contribution in [0.3, 0.4) is 0 Å². The molecule has 1 aromatic rings. The maximum atomic E-state index is 8.77. The molecule has 1 fully saturated rings.